The van der Waals surface area contributed by atoms with Gasteiger partial charge in [-0.2, -0.15) is 0 Å². The first-order chi connectivity index (χ1) is 12.5. The molecule has 0 N–H and O–H groups in total. The minimum atomic E-state index is 0.00562. The predicted octanol–water partition coefficient (Wildman–Crippen LogP) is 4.04. The maximum atomic E-state index is 6.99. The summed E-state index contributed by atoms with van der Waals surface area (Å²) in [6.07, 6.45) is 13.1. The number of likely N-dealkylation sites (tertiary alicyclic amines) is 2. The molecule has 4 heterocycles. The zero-order chi connectivity index (χ0) is 18.2. The van der Waals surface area contributed by atoms with Crippen molar-refractivity contribution in [1.29, 1.82) is 0 Å². The van der Waals surface area contributed by atoms with E-state index in [2.05, 4.69) is 30.7 Å². The van der Waals surface area contributed by atoms with Crippen LogP contribution in [0.5, 0.6) is 0 Å². The van der Waals surface area contributed by atoms with E-state index in [1.807, 2.05) is 0 Å². The smallest absolute Gasteiger partial charge is 0.121 e. The number of piperidine rings is 2. The highest BCUT2D eigenvalue weighted by Gasteiger charge is 2.48. The second-order valence-corrected chi connectivity index (χ2v) is 9.83. The van der Waals surface area contributed by atoms with Gasteiger partial charge in [0.2, 0.25) is 0 Å². The fourth-order valence-electron chi connectivity index (χ4n) is 6.12. The number of hydrogen-bond donors (Lipinski definition) is 0. The van der Waals surface area contributed by atoms with Gasteiger partial charge in [0.25, 0.3) is 0 Å². The van der Waals surface area contributed by atoms with Crippen molar-refractivity contribution in [2.24, 2.45) is 5.92 Å². The molecule has 4 atom stereocenters. The summed E-state index contributed by atoms with van der Waals surface area (Å²) in [6, 6.07) is 0.637. The van der Waals surface area contributed by atoms with E-state index >= 15 is 0 Å². The summed E-state index contributed by atoms with van der Waals surface area (Å²) in [5.41, 5.74) is 0.140. The van der Waals surface area contributed by atoms with E-state index in [4.69, 9.17) is 9.47 Å². The number of ether oxygens (including phenoxy) is 2. The van der Waals surface area contributed by atoms with Gasteiger partial charge in [0.05, 0.1) is 11.7 Å². The summed E-state index contributed by atoms with van der Waals surface area (Å²) in [4.78, 5) is 5.15. The predicted molar refractivity (Wildman–Crippen MR) is 105 cm³/mol. The van der Waals surface area contributed by atoms with E-state index in [0.717, 1.165) is 19.7 Å². The number of hydrogen-bond acceptors (Lipinski definition) is 4. The number of nitrogens with zero attached hydrogens (tertiary/aromatic N) is 2. The van der Waals surface area contributed by atoms with E-state index in [0.29, 0.717) is 18.1 Å². The molecule has 4 aliphatic heterocycles. The monoisotopic (exact) mass is 364 g/mol. The molecule has 4 aliphatic rings. The minimum absolute atomic E-state index is 0.00562. The lowest BCUT2D eigenvalue weighted by molar-refractivity contribution is -0.228. The Bertz CT molecular complexity index is 473. The lowest BCUT2D eigenvalue weighted by Gasteiger charge is -2.54. The molecular weight excluding hydrogens is 324 g/mol. The Morgan fingerprint density at radius 1 is 0.962 bits per heavy atom. The Labute approximate surface area is 160 Å². The highest BCUT2D eigenvalue weighted by atomic mass is 16.5. The zero-order valence-electron chi connectivity index (χ0n) is 17.3. The van der Waals surface area contributed by atoms with Crippen LogP contribution in [0.4, 0.5) is 0 Å². The zero-order valence-corrected chi connectivity index (χ0v) is 17.3. The average Bonchev–Trinajstić information content (AvgIpc) is 2.65. The molecule has 150 valence electrons. The van der Waals surface area contributed by atoms with Gasteiger partial charge in [0, 0.05) is 25.7 Å². The molecule has 4 saturated heterocycles. The van der Waals surface area contributed by atoms with Crippen molar-refractivity contribution in [3.05, 3.63) is 0 Å². The molecule has 4 nitrogen and oxygen atoms in total. The van der Waals surface area contributed by atoms with Crippen molar-refractivity contribution in [2.45, 2.75) is 102 Å². The molecule has 0 aromatic carbocycles. The maximum absolute atomic E-state index is 6.99. The average molecular weight is 365 g/mol. The third-order valence-electron chi connectivity index (χ3n) is 7.79. The van der Waals surface area contributed by atoms with Crippen molar-refractivity contribution in [1.82, 2.24) is 9.80 Å². The second-order valence-electron chi connectivity index (χ2n) is 9.83. The Morgan fingerprint density at radius 2 is 1.81 bits per heavy atom. The molecule has 4 rings (SSSR count). The van der Waals surface area contributed by atoms with Crippen molar-refractivity contribution in [3.63, 3.8) is 0 Å². The summed E-state index contributed by atoms with van der Waals surface area (Å²) in [7, 11) is 2.27. The minimum Gasteiger partial charge on any atom is -0.370 e. The van der Waals surface area contributed by atoms with Crippen molar-refractivity contribution >= 4 is 0 Å². The van der Waals surface area contributed by atoms with Crippen LogP contribution in [0.25, 0.3) is 0 Å². The summed E-state index contributed by atoms with van der Waals surface area (Å²) >= 11 is 0. The third kappa shape index (κ3) is 3.72. The molecule has 2 spiro atoms. The first kappa shape index (κ1) is 19.2. The highest BCUT2D eigenvalue weighted by molar-refractivity contribution is 4.97. The van der Waals surface area contributed by atoms with Gasteiger partial charge in [0.15, 0.2) is 0 Å². The van der Waals surface area contributed by atoms with Gasteiger partial charge in [0.1, 0.15) is 5.72 Å². The van der Waals surface area contributed by atoms with Crippen LogP contribution in [0.3, 0.4) is 0 Å². The molecule has 4 heteroatoms. The summed E-state index contributed by atoms with van der Waals surface area (Å²) < 4.78 is 13.4. The van der Waals surface area contributed by atoms with E-state index < -0.39 is 0 Å². The van der Waals surface area contributed by atoms with Gasteiger partial charge in [-0.3, -0.25) is 9.80 Å². The molecule has 26 heavy (non-hydrogen) atoms. The topological polar surface area (TPSA) is 24.9 Å². The van der Waals surface area contributed by atoms with Crippen LogP contribution in [0.2, 0.25) is 0 Å². The second kappa shape index (κ2) is 7.69. The fraction of sp³-hybridized carbons (Fsp3) is 1.00. The first-order valence-corrected chi connectivity index (χ1v) is 11.3. The molecule has 4 unspecified atom stereocenters. The van der Waals surface area contributed by atoms with Crippen LogP contribution in [0.1, 0.15) is 78.1 Å². The SMILES string of the molecule is CC(C)N1CCCC2(CCCC(C3CCN(C)C4(CCCCO4)C3)O2)C1. The van der Waals surface area contributed by atoms with Gasteiger partial charge in [-0.05, 0) is 97.6 Å². The molecule has 0 saturated carbocycles. The first-order valence-electron chi connectivity index (χ1n) is 11.3. The van der Waals surface area contributed by atoms with Gasteiger partial charge in [-0.25, -0.2) is 0 Å². The van der Waals surface area contributed by atoms with E-state index in [9.17, 15) is 0 Å². The van der Waals surface area contributed by atoms with Crippen LogP contribution < -0.4 is 0 Å². The molecule has 0 aromatic heterocycles. The summed E-state index contributed by atoms with van der Waals surface area (Å²) in [5, 5.41) is 0. The van der Waals surface area contributed by atoms with Crippen LogP contribution in [-0.4, -0.2) is 66.6 Å². The molecule has 0 aromatic rings. The van der Waals surface area contributed by atoms with Crippen LogP contribution >= 0.6 is 0 Å². The van der Waals surface area contributed by atoms with E-state index in [1.54, 1.807) is 0 Å². The van der Waals surface area contributed by atoms with Crippen LogP contribution in [0, 0.1) is 5.92 Å². The summed E-state index contributed by atoms with van der Waals surface area (Å²) in [5.74, 6) is 0.677. The van der Waals surface area contributed by atoms with Crippen LogP contribution in [0.15, 0.2) is 0 Å². The normalized spacial score (nSPS) is 43.4. The van der Waals surface area contributed by atoms with Gasteiger partial charge in [-0.1, -0.05) is 0 Å². The molecule has 0 radical (unpaired) electrons. The van der Waals surface area contributed by atoms with E-state index in [1.165, 1.54) is 70.8 Å². The Hall–Kier alpha value is -0.160. The third-order valence-corrected chi connectivity index (χ3v) is 7.79. The van der Waals surface area contributed by atoms with Crippen LogP contribution in [-0.2, 0) is 9.47 Å². The lowest BCUT2D eigenvalue weighted by atomic mass is 9.76. The van der Waals surface area contributed by atoms with Gasteiger partial charge in [-0.15, -0.1) is 0 Å². The molecule has 0 bridgehead atoms. The van der Waals surface area contributed by atoms with Crippen molar-refractivity contribution in [2.75, 3.05) is 33.3 Å². The Kier molecular flexibility index (Phi) is 5.67. The van der Waals surface area contributed by atoms with Crippen molar-refractivity contribution < 1.29 is 9.47 Å². The molecular formula is C22H40N2O2. The molecule has 0 aliphatic carbocycles. The summed E-state index contributed by atoms with van der Waals surface area (Å²) in [6.45, 7) is 9.17. The van der Waals surface area contributed by atoms with E-state index in [-0.39, 0.29) is 11.3 Å². The van der Waals surface area contributed by atoms with Crippen molar-refractivity contribution in [3.8, 4) is 0 Å². The maximum Gasteiger partial charge on any atom is 0.121 e. The van der Waals surface area contributed by atoms with Gasteiger partial charge < -0.3 is 9.47 Å². The fourth-order valence-corrected chi connectivity index (χ4v) is 6.12. The van der Waals surface area contributed by atoms with Gasteiger partial charge >= 0.3 is 0 Å². The Balaban J connectivity index is 1.44. The molecule has 4 fully saturated rings. The largest absolute Gasteiger partial charge is 0.370 e. The quantitative estimate of drug-likeness (QED) is 0.738. The Morgan fingerprint density at radius 3 is 2.58 bits per heavy atom. The standard InChI is InChI=1S/C22H40N2O2/c1-18(2)24-13-7-11-21(17-24)10-6-8-20(26-21)19-9-14-23(3)22(16-19)12-4-5-15-25-22/h18-20H,4-17H2,1-3H3. The number of rotatable bonds is 2. The molecule has 0 amide bonds. The highest BCUT2D eigenvalue weighted by Crippen LogP contribution is 2.45. The lowest BCUT2D eigenvalue weighted by Crippen LogP contribution is -2.59.